The maximum atomic E-state index is 12.7. The highest BCUT2D eigenvalue weighted by molar-refractivity contribution is 5.95. The number of nitrogens with one attached hydrogen (secondary N) is 2. The Kier molecular flexibility index (Phi) is 6.53. The van der Waals surface area contributed by atoms with Gasteiger partial charge in [0.15, 0.2) is 0 Å². The Hall–Kier alpha value is -3.02. The molecule has 0 heterocycles. The number of ether oxygens (including phenoxy) is 2. The summed E-state index contributed by atoms with van der Waals surface area (Å²) in [5.41, 5.74) is 1.43. The predicted octanol–water partition coefficient (Wildman–Crippen LogP) is 4.09. The van der Waals surface area contributed by atoms with Gasteiger partial charge in [0.25, 0.3) is 0 Å². The summed E-state index contributed by atoms with van der Waals surface area (Å²) in [4.78, 5) is 25.1. The first-order valence-corrected chi connectivity index (χ1v) is 9.49. The first kappa shape index (κ1) is 19.7. The molecule has 0 radical (unpaired) electrons. The van der Waals surface area contributed by atoms with Crippen LogP contribution in [0.25, 0.3) is 0 Å². The molecule has 28 heavy (non-hydrogen) atoms. The summed E-state index contributed by atoms with van der Waals surface area (Å²) < 4.78 is 10.5. The van der Waals surface area contributed by atoms with Crippen LogP contribution in [-0.2, 0) is 9.59 Å². The number of hydrogen-bond donors (Lipinski definition) is 2. The monoisotopic (exact) mass is 382 g/mol. The third-order valence-electron chi connectivity index (χ3n) is 5.18. The zero-order valence-corrected chi connectivity index (χ0v) is 16.2. The molecule has 1 saturated carbocycles. The highest BCUT2D eigenvalue weighted by Gasteiger charge is 2.30. The van der Waals surface area contributed by atoms with E-state index in [4.69, 9.17) is 9.47 Å². The van der Waals surface area contributed by atoms with E-state index >= 15 is 0 Å². The van der Waals surface area contributed by atoms with E-state index in [0.29, 0.717) is 42.9 Å². The lowest BCUT2D eigenvalue weighted by molar-refractivity contribution is -0.125. The zero-order valence-electron chi connectivity index (χ0n) is 16.2. The van der Waals surface area contributed by atoms with E-state index in [1.165, 1.54) is 0 Å². The first-order valence-electron chi connectivity index (χ1n) is 9.49. The normalized spacial score (nSPS) is 18.8. The Morgan fingerprint density at radius 3 is 2.00 bits per heavy atom. The summed E-state index contributed by atoms with van der Waals surface area (Å²) in [7, 11) is 3.14. The van der Waals surface area contributed by atoms with Gasteiger partial charge in [0.05, 0.1) is 19.9 Å². The van der Waals surface area contributed by atoms with Gasteiger partial charge in [0.2, 0.25) is 11.8 Å². The highest BCUT2D eigenvalue weighted by Crippen LogP contribution is 2.33. The van der Waals surface area contributed by atoms with Gasteiger partial charge in [0.1, 0.15) is 11.5 Å². The predicted molar refractivity (Wildman–Crippen MR) is 109 cm³/mol. The second-order valence-corrected chi connectivity index (χ2v) is 6.96. The summed E-state index contributed by atoms with van der Waals surface area (Å²) in [6.45, 7) is 0. The number of hydrogen-bond acceptors (Lipinski definition) is 4. The summed E-state index contributed by atoms with van der Waals surface area (Å²) in [6.07, 6.45) is 2.79. The van der Waals surface area contributed by atoms with Crippen LogP contribution in [0, 0.1) is 11.8 Å². The summed E-state index contributed by atoms with van der Waals surface area (Å²) in [5, 5.41) is 5.90. The molecule has 1 aliphatic carbocycles. The van der Waals surface area contributed by atoms with E-state index in [1.54, 1.807) is 32.4 Å². The first-order chi connectivity index (χ1) is 13.6. The molecule has 0 spiro atoms. The molecular formula is C22H26N2O4. The fraction of sp³-hybridized carbons (Fsp3) is 0.364. The van der Waals surface area contributed by atoms with E-state index in [9.17, 15) is 9.59 Å². The number of para-hydroxylation sites is 1. The van der Waals surface area contributed by atoms with Gasteiger partial charge in [0, 0.05) is 23.6 Å². The number of carbonyl (C=O) groups is 2. The van der Waals surface area contributed by atoms with E-state index in [-0.39, 0.29) is 23.7 Å². The quantitative estimate of drug-likeness (QED) is 0.789. The number of amides is 2. The minimum atomic E-state index is -0.104. The average Bonchev–Trinajstić information content (AvgIpc) is 2.74. The van der Waals surface area contributed by atoms with Gasteiger partial charge >= 0.3 is 0 Å². The number of carbonyl (C=O) groups excluding carboxylic acids is 2. The Bertz CT molecular complexity index is 815. The van der Waals surface area contributed by atoms with Crippen molar-refractivity contribution in [3.63, 3.8) is 0 Å². The van der Waals surface area contributed by atoms with Crippen LogP contribution in [0.5, 0.6) is 11.5 Å². The van der Waals surface area contributed by atoms with Crippen molar-refractivity contribution in [2.45, 2.75) is 25.7 Å². The van der Waals surface area contributed by atoms with Crippen molar-refractivity contribution in [3.05, 3.63) is 48.5 Å². The molecule has 2 aromatic carbocycles. The van der Waals surface area contributed by atoms with Crippen LogP contribution in [0.3, 0.4) is 0 Å². The molecule has 3 rings (SSSR count). The molecule has 0 aliphatic heterocycles. The lowest BCUT2D eigenvalue weighted by atomic mass is 9.81. The van der Waals surface area contributed by atoms with E-state index in [2.05, 4.69) is 10.6 Å². The third kappa shape index (κ3) is 4.82. The molecule has 0 saturated heterocycles. The molecule has 148 valence electrons. The largest absolute Gasteiger partial charge is 0.497 e. The SMILES string of the molecule is COc1ccc(NC(=O)C2CCC(C(=O)Nc3ccccc3)CC2)c(OC)c1. The van der Waals surface area contributed by atoms with E-state index in [1.807, 2.05) is 30.3 Å². The molecule has 0 atom stereocenters. The summed E-state index contributed by atoms with van der Waals surface area (Å²) >= 11 is 0. The van der Waals surface area contributed by atoms with Crippen LogP contribution in [0.4, 0.5) is 11.4 Å². The standard InChI is InChI=1S/C22H26N2O4/c1-27-18-12-13-19(20(14-18)28-2)24-22(26)16-10-8-15(9-11-16)21(25)23-17-6-4-3-5-7-17/h3-7,12-16H,8-11H2,1-2H3,(H,23,25)(H,24,26). The molecule has 2 N–H and O–H groups in total. The van der Waals surface area contributed by atoms with Crippen molar-refractivity contribution in [3.8, 4) is 11.5 Å². The van der Waals surface area contributed by atoms with Gasteiger partial charge in [-0.25, -0.2) is 0 Å². The topological polar surface area (TPSA) is 76.7 Å². The Labute approximate surface area is 165 Å². The number of anilines is 2. The van der Waals surface area contributed by atoms with Crippen molar-refractivity contribution < 1.29 is 19.1 Å². The number of methoxy groups -OCH3 is 2. The fourth-order valence-corrected chi connectivity index (χ4v) is 3.52. The van der Waals surface area contributed by atoms with E-state index in [0.717, 1.165) is 5.69 Å². The molecule has 1 fully saturated rings. The smallest absolute Gasteiger partial charge is 0.227 e. The average molecular weight is 382 g/mol. The molecule has 6 nitrogen and oxygen atoms in total. The maximum Gasteiger partial charge on any atom is 0.227 e. The van der Waals surface area contributed by atoms with Crippen molar-refractivity contribution in [1.82, 2.24) is 0 Å². The lowest BCUT2D eigenvalue weighted by Crippen LogP contribution is -2.32. The molecule has 1 aliphatic rings. The lowest BCUT2D eigenvalue weighted by Gasteiger charge is -2.27. The van der Waals surface area contributed by atoms with Crippen molar-refractivity contribution in [2.24, 2.45) is 11.8 Å². The Morgan fingerprint density at radius 1 is 0.821 bits per heavy atom. The maximum absolute atomic E-state index is 12.7. The minimum Gasteiger partial charge on any atom is -0.497 e. The van der Waals surface area contributed by atoms with Gasteiger partial charge in [-0.3, -0.25) is 9.59 Å². The highest BCUT2D eigenvalue weighted by atomic mass is 16.5. The van der Waals surface area contributed by atoms with Crippen molar-refractivity contribution >= 4 is 23.2 Å². The van der Waals surface area contributed by atoms with Crippen molar-refractivity contribution in [1.29, 1.82) is 0 Å². The second kappa shape index (κ2) is 9.26. The molecular weight excluding hydrogens is 356 g/mol. The number of benzene rings is 2. The zero-order chi connectivity index (χ0) is 19.9. The Balaban J connectivity index is 1.53. The summed E-state index contributed by atoms with van der Waals surface area (Å²) in [6, 6.07) is 14.7. The van der Waals surface area contributed by atoms with Crippen LogP contribution in [0.1, 0.15) is 25.7 Å². The van der Waals surface area contributed by atoms with E-state index < -0.39 is 0 Å². The molecule has 0 bridgehead atoms. The minimum absolute atomic E-state index is 0.0295. The Morgan fingerprint density at radius 2 is 1.43 bits per heavy atom. The van der Waals surface area contributed by atoms with Crippen LogP contribution in [0.2, 0.25) is 0 Å². The molecule has 2 aromatic rings. The molecule has 0 unspecified atom stereocenters. The van der Waals surface area contributed by atoms with Gasteiger partial charge in [-0.1, -0.05) is 18.2 Å². The third-order valence-corrected chi connectivity index (χ3v) is 5.18. The van der Waals surface area contributed by atoms with Crippen LogP contribution >= 0.6 is 0 Å². The van der Waals surface area contributed by atoms with Crippen LogP contribution in [-0.4, -0.2) is 26.0 Å². The van der Waals surface area contributed by atoms with Gasteiger partial charge in [-0.15, -0.1) is 0 Å². The van der Waals surface area contributed by atoms with Crippen molar-refractivity contribution in [2.75, 3.05) is 24.9 Å². The van der Waals surface area contributed by atoms with Crippen LogP contribution in [0.15, 0.2) is 48.5 Å². The van der Waals surface area contributed by atoms with Gasteiger partial charge in [-0.05, 0) is 49.9 Å². The second-order valence-electron chi connectivity index (χ2n) is 6.96. The number of rotatable bonds is 6. The molecule has 2 amide bonds. The summed E-state index contributed by atoms with van der Waals surface area (Å²) in [5.74, 6) is 1.06. The fourth-order valence-electron chi connectivity index (χ4n) is 3.52. The van der Waals surface area contributed by atoms with Crippen LogP contribution < -0.4 is 20.1 Å². The molecule has 0 aromatic heterocycles. The van der Waals surface area contributed by atoms with Gasteiger partial charge < -0.3 is 20.1 Å². The van der Waals surface area contributed by atoms with Gasteiger partial charge in [-0.2, -0.15) is 0 Å². The molecule has 6 heteroatoms.